The van der Waals surface area contributed by atoms with Crippen LogP contribution in [0.25, 0.3) is 5.32 Å². The second-order valence-electron chi connectivity index (χ2n) is 18.1. The summed E-state index contributed by atoms with van der Waals surface area (Å²) in [6.07, 6.45) is 0. The van der Waals surface area contributed by atoms with Gasteiger partial charge in [0.05, 0.1) is 17.1 Å². The third-order valence-corrected chi connectivity index (χ3v) is 10.7. The number of hydrogen-bond acceptors (Lipinski definition) is 6. The minimum absolute atomic E-state index is 0. The van der Waals surface area contributed by atoms with Crippen molar-refractivity contribution in [1.29, 1.82) is 0 Å². The third-order valence-electron chi connectivity index (χ3n) is 10.7. The number of benzene rings is 6. The van der Waals surface area contributed by atoms with E-state index in [1.807, 2.05) is 54.6 Å². The first kappa shape index (κ1) is 57.7. The molecule has 0 N–H and O–H groups in total. The SMILES string of the molecule is CC(C)c1cccc(C(C)C)c1N=C([O-])c1ccccc1.CC(C)c1cccc(C(C)C)c1N=C([O-])c1ccccc1.CC(C)c1cccc(C(C)C)c1N=C([O-])c1ccccc1.C[N-]C.[Zr+4]. The molecule has 6 rings (SSSR count). The molecular formula is C59H72N4O3Zr. The van der Waals surface area contributed by atoms with Crippen molar-refractivity contribution in [3.8, 4) is 0 Å². The summed E-state index contributed by atoms with van der Waals surface area (Å²) in [7, 11) is 3.50. The van der Waals surface area contributed by atoms with Gasteiger partial charge >= 0.3 is 26.2 Å². The minimum Gasteiger partial charge on any atom is -0.858 e. The molecule has 0 aromatic heterocycles. The van der Waals surface area contributed by atoms with E-state index < -0.39 is 0 Å². The average Bonchev–Trinajstić information content (AvgIpc) is 3.30. The molecule has 6 aromatic rings. The Morgan fingerprint density at radius 3 is 0.627 bits per heavy atom. The molecule has 0 saturated heterocycles. The molecule has 0 saturated carbocycles. The Bertz CT molecular complexity index is 2110. The van der Waals surface area contributed by atoms with Crippen molar-refractivity contribution in [3.05, 3.63) is 201 Å². The molecule has 350 valence electrons. The monoisotopic (exact) mass is 974 g/mol. The largest absolute Gasteiger partial charge is 4.00 e. The first-order valence-electron chi connectivity index (χ1n) is 23.2. The van der Waals surface area contributed by atoms with Crippen LogP contribution in [0.5, 0.6) is 0 Å². The van der Waals surface area contributed by atoms with E-state index in [1.165, 1.54) is 0 Å². The van der Waals surface area contributed by atoms with Gasteiger partial charge in [0.2, 0.25) is 0 Å². The number of hydrogen-bond donors (Lipinski definition) is 0. The summed E-state index contributed by atoms with van der Waals surface area (Å²) in [5.74, 6) is 1.51. The molecule has 0 unspecified atom stereocenters. The molecule has 0 spiro atoms. The van der Waals surface area contributed by atoms with Gasteiger partial charge in [-0.25, -0.2) is 0 Å². The van der Waals surface area contributed by atoms with Gasteiger partial charge in [-0.15, -0.1) is 0 Å². The summed E-state index contributed by atoms with van der Waals surface area (Å²) in [5, 5.41) is 40.7. The maximum Gasteiger partial charge on any atom is 4.00 e. The standard InChI is InChI=1S/3C19H23NO.C2H6N.Zr/c3*1-13(2)16-11-8-12-17(14(3)4)18(16)20-19(21)15-9-6-5-7-10-15;1-3-2;/h3*5-14H,1-4H3,(H,20,21);1-2H3;/q;;;-1;+4/p-3. The molecular weight excluding hydrogens is 904 g/mol. The fourth-order valence-electron chi connectivity index (χ4n) is 7.16. The van der Waals surface area contributed by atoms with Crippen LogP contribution >= 0.6 is 0 Å². The molecule has 0 atom stereocenters. The van der Waals surface area contributed by atoms with E-state index in [2.05, 4.69) is 158 Å². The molecule has 0 amide bonds. The van der Waals surface area contributed by atoms with E-state index in [9.17, 15) is 15.3 Å². The normalized spacial score (nSPS) is 11.7. The number of para-hydroxylation sites is 3. The molecule has 0 aliphatic carbocycles. The fraction of sp³-hybridized carbons (Fsp3) is 0.339. The van der Waals surface area contributed by atoms with Crippen LogP contribution in [0, 0.1) is 0 Å². The van der Waals surface area contributed by atoms with Crippen molar-refractivity contribution in [2.45, 2.75) is 119 Å². The summed E-state index contributed by atoms with van der Waals surface area (Å²) >= 11 is 0. The van der Waals surface area contributed by atoms with Crippen LogP contribution in [0.2, 0.25) is 0 Å². The van der Waals surface area contributed by atoms with Crippen LogP contribution in [-0.4, -0.2) is 31.8 Å². The predicted octanol–water partition coefficient (Wildman–Crippen LogP) is 13.7. The Morgan fingerprint density at radius 1 is 0.313 bits per heavy atom. The maximum atomic E-state index is 12.4. The van der Waals surface area contributed by atoms with Crippen molar-refractivity contribution < 1.29 is 41.5 Å². The molecule has 0 bridgehead atoms. The summed E-state index contributed by atoms with van der Waals surface area (Å²) in [6, 6.07) is 46.2. The van der Waals surface area contributed by atoms with E-state index in [0.29, 0.717) is 52.2 Å². The van der Waals surface area contributed by atoms with Crippen LogP contribution in [0.3, 0.4) is 0 Å². The van der Waals surface area contributed by atoms with Gasteiger partial charge in [0, 0.05) is 0 Å². The van der Waals surface area contributed by atoms with Gasteiger partial charge in [0.15, 0.2) is 0 Å². The predicted molar refractivity (Wildman–Crippen MR) is 277 cm³/mol. The molecule has 7 nitrogen and oxygen atoms in total. The summed E-state index contributed by atoms with van der Waals surface area (Å²) < 4.78 is 0. The van der Waals surface area contributed by atoms with E-state index in [4.69, 9.17) is 0 Å². The Kier molecular flexibility index (Phi) is 25.3. The fourth-order valence-corrected chi connectivity index (χ4v) is 7.16. The number of aliphatic imine (C=N–C) groups is 3. The molecule has 0 radical (unpaired) electrons. The van der Waals surface area contributed by atoms with Crippen molar-refractivity contribution in [2.24, 2.45) is 15.0 Å². The summed E-state index contributed by atoms with van der Waals surface area (Å²) in [4.78, 5) is 13.3. The van der Waals surface area contributed by atoms with Crippen molar-refractivity contribution in [2.75, 3.05) is 14.1 Å². The van der Waals surface area contributed by atoms with Crippen LogP contribution in [-0.2, 0) is 26.2 Å². The second kappa shape index (κ2) is 29.4. The van der Waals surface area contributed by atoms with Gasteiger partial charge in [-0.1, -0.05) is 229 Å². The minimum atomic E-state index is -0.175. The smallest absolute Gasteiger partial charge is 0.858 e. The zero-order valence-electron chi connectivity index (χ0n) is 42.3. The van der Waals surface area contributed by atoms with Gasteiger partial charge in [-0.05, 0) is 103 Å². The van der Waals surface area contributed by atoms with Crippen molar-refractivity contribution in [1.82, 2.24) is 0 Å². The zero-order valence-corrected chi connectivity index (χ0v) is 44.8. The molecule has 0 fully saturated rings. The Labute approximate surface area is 422 Å². The maximum absolute atomic E-state index is 12.4. The summed E-state index contributed by atoms with van der Waals surface area (Å²) in [6.45, 7) is 25.6. The first-order valence-corrected chi connectivity index (χ1v) is 23.2. The number of nitrogens with zero attached hydrogens (tertiary/aromatic N) is 4. The van der Waals surface area contributed by atoms with Gasteiger partial charge in [0.1, 0.15) is 0 Å². The van der Waals surface area contributed by atoms with Gasteiger partial charge < -0.3 is 20.6 Å². The van der Waals surface area contributed by atoms with Crippen molar-refractivity contribution in [3.63, 3.8) is 0 Å². The second-order valence-corrected chi connectivity index (χ2v) is 18.1. The van der Waals surface area contributed by atoms with Crippen LogP contribution in [0.1, 0.15) is 169 Å². The van der Waals surface area contributed by atoms with E-state index >= 15 is 0 Å². The molecule has 0 heterocycles. The third kappa shape index (κ3) is 17.6. The van der Waals surface area contributed by atoms with E-state index in [-0.39, 0.29) is 43.9 Å². The Balaban J connectivity index is 0.000000332. The van der Waals surface area contributed by atoms with Gasteiger partial charge in [-0.3, -0.25) is 15.0 Å². The average molecular weight is 976 g/mol. The Hall–Kier alpha value is -5.43. The van der Waals surface area contributed by atoms with E-state index in [1.54, 1.807) is 50.5 Å². The molecule has 0 aliphatic rings. The van der Waals surface area contributed by atoms with Gasteiger partial charge in [0.25, 0.3) is 0 Å². The van der Waals surface area contributed by atoms with Crippen LogP contribution in [0.15, 0.2) is 161 Å². The van der Waals surface area contributed by atoms with Crippen LogP contribution in [0.4, 0.5) is 17.1 Å². The number of rotatable bonds is 12. The quantitative estimate of drug-likeness (QED) is 0.0897. The molecule has 0 aliphatic heterocycles. The van der Waals surface area contributed by atoms with Crippen LogP contribution < -0.4 is 15.3 Å². The Morgan fingerprint density at radius 2 is 0.478 bits per heavy atom. The van der Waals surface area contributed by atoms with E-state index in [0.717, 1.165) is 50.4 Å². The topological polar surface area (TPSA) is 120 Å². The molecule has 67 heavy (non-hydrogen) atoms. The van der Waals surface area contributed by atoms with Crippen molar-refractivity contribution >= 4 is 34.8 Å². The molecule has 6 aromatic carbocycles. The van der Waals surface area contributed by atoms with Gasteiger partial charge in [-0.2, -0.15) is 14.1 Å². The molecule has 8 heteroatoms. The first-order chi connectivity index (χ1) is 31.4. The summed E-state index contributed by atoms with van der Waals surface area (Å²) in [5.41, 5.74) is 11.2. The zero-order chi connectivity index (χ0) is 48.9.